The van der Waals surface area contributed by atoms with E-state index in [2.05, 4.69) is 10.7 Å². The number of anilines is 1. The molecule has 3 aromatic rings. The molecule has 0 radical (unpaired) electrons. The maximum Gasteiger partial charge on any atom is 0.305 e. The van der Waals surface area contributed by atoms with Crippen LogP contribution in [0.5, 0.6) is 28.7 Å². The molecule has 1 heterocycles. The Bertz CT molecular complexity index is 1520. The van der Waals surface area contributed by atoms with Crippen LogP contribution in [0.25, 0.3) is 0 Å². The molecule has 3 amide bonds. The number of nitrogens with zero attached hydrogens (tertiary/aromatic N) is 1. The molecular weight excluding hydrogens is 582 g/mol. The Balaban J connectivity index is 1.51. The minimum atomic E-state index is -1.16. The van der Waals surface area contributed by atoms with E-state index in [1.165, 1.54) is 77.0 Å². The Kier molecular flexibility index (Phi) is 9.50. The van der Waals surface area contributed by atoms with Crippen LogP contribution in [0, 0.1) is 0 Å². The van der Waals surface area contributed by atoms with Crippen LogP contribution in [-0.4, -0.2) is 72.6 Å². The zero-order valence-corrected chi connectivity index (χ0v) is 24.4. The number of amides is 3. The highest BCUT2D eigenvalue weighted by Crippen LogP contribution is 2.45. The van der Waals surface area contributed by atoms with E-state index in [-0.39, 0.29) is 22.6 Å². The monoisotopic (exact) mass is 611 g/mol. The second-order valence-electron chi connectivity index (χ2n) is 9.10. The van der Waals surface area contributed by atoms with E-state index in [1.807, 2.05) is 0 Å². The summed E-state index contributed by atoms with van der Waals surface area (Å²) in [6.45, 7) is 0. The van der Waals surface area contributed by atoms with E-state index >= 15 is 0 Å². The molecule has 4 rings (SSSR count). The van der Waals surface area contributed by atoms with Gasteiger partial charge in [0.25, 0.3) is 17.7 Å². The van der Waals surface area contributed by atoms with Crippen molar-refractivity contribution in [2.24, 2.45) is 0 Å². The highest BCUT2D eigenvalue weighted by atomic mass is 32.2. The van der Waals surface area contributed by atoms with Crippen molar-refractivity contribution in [2.45, 2.75) is 17.0 Å². The van der Waals surface area contributed by atoms with Gasteiger partial charge in [0.1, 0.15) is 5.37 Å². The van der Waals surface area contributed by atoms with Crippen molar-refractivity contribution in [2.75, 3.05) is 33.8 Å². The highest BCUT2D eigenvalue weighted by Gasteiger charge is 2.43. The van der Waals surface area contributed by atoms with Crippen LogP contribution in [0.1, 0.15) is 38.1 Å². The van der Waals surface area contributed by atoms with Crippen molar-refractivity contribution in [1.82, 2.24) is 10.4 Å². The standard InChI is InChI=1S/C29H29N3O10S/c1-39-20-11-16(7-10-19(20)33)29-32(28(38)23(43-29)14-24(34)35)31-27(37)15-5-8-18(9-6-15)30-26(36)17-12-21(40-2)25(42-4)22(13-17)41-3/h5-13,23,29,33H,14H2,1-4H3,(H,30,36)(H,31,37)(H,34,35). The number of benzene rings is 3. The Labute approximate surface area is 250 Å². The van der Waals surface area contributed by atoms with Crippen LogP contribution >= 0.6 is 11.8 Å². The number of hydrogen-bond donors (Lipinski definition) is 4. The molecule has 13 nitrogen and oxygen atoms in total. The number of phenols is 1. The maximum absolute atomic E-state index is 13.2. The highest BCUT2D eigenvalue weighted by molar-refractivity contribution is 8.01. The number of ether oxygens (including phenoxy) is 4. The number of nitrogens with one attached hydrogen (secondary N) is 2. The first-order valence-corrected chi connectivity index (χ1v) is 13.6. The fourth-order valence-corrected chi connectivity index (χ4v) is 5.68. The van der Waals surface area contributed by atoms with Gasteiger partial charge in [0.15, 0.2) is 23.0 Å². The quantitative estimate of drug-likeness (QED) is 0.250. The topological polar surface area (TPSA) is 173 Å². The summed E-state index contributed by atoms with van der Waals surface area (Å²) < 4.78 is 21.0. The minimum absolute atomic E-state index is 0.115. The molecule has 1 saturated heterocycles. The van der Waals surface area contributed by atoms with Gasteiger partial charge in [0, 0.05) is 16.8 Å². The molecule has 14 heteroatoms. The second-order valence-corrected chi connectivity index (χ2v) is 10.4. The lowest BCUT2D eigenvalue weighted by Gasteiger charge is -2.25. The summed E-state index contributed by atoms with van der Waals surface area (Å²) in [6, 6.07) is 13.4. The lowest BCUT2D eigenvalue weighted by Crippen LogP contribution is -2.46. The zero-order chi connectivity index (χ0) is 31.3. The van der Waals surface area contributed by atoms with Gasteiger partial charge in [0.05, 0.1) is 40.1 Å². The van der Waals surface area contributed by atoms with Gasteiger partial charge < -0.3 is 34.5 Å². The molecule has 0 bridgehead atoms. The van der Waals surface area contributed by atoms with Crippen LogP contribution in [0.2, 0.25) is 0 Å². The summed E-state index contributed by atoms with van der Waals surface area (Å²) >= 11 is 1.06. The van der Waals surface area contributed by atoms with Gasteiger partial charge in [-0.25, -0.2) is 5.01 Å². The van der Waals surface area contributed by atoms with Crippen molar-refractivity contribution in [1.29, 1.82) is 0 Å². The summed E-state index contributed by atoms with van der Waals surface area (Å²) in [6.07, 6.45) is -0.443. The Morgan fingerprint density at radius 1 is 0.837 bits per heavy atom. The summed E-state index contributed by atoms with van der Waals surface area (Å²) in [7, 11) is 5.70. The first-order chi connectivity index (χ1) is 20.6. The maximum atomic E-state index is 13.2. The first kappa shape index (κ1) is 30.8. The van der Waals surface area contributed by atoms with E-state index in [9.17, 15) is 29.4 Å². The molecule has 1 fully saturated rings. The Morgan fingerprint density at radius 2 is 1.47 bits per heavy atom. The first-order valence-electron chi connectivity index (χ1n) is 12.7. The Hall–Kier alpha value is -5.11. The lowest BCUT2D eigenvalue weighted by atomic mass is 10.1. The van der Waals surface area contributed by atoms with Crippen LogP contribution in [-0.2, 0) is 9.59 Å². The van der Waals surface area contributed by atoms with Gasteiger partial charge in [-0.2, -0.15) is 0 Å². The number of thioether (sulfide) groups is 1. The number of carboxylic acids is 1. The normalized spacial score (nSPS) is 15.9. The third-order valence-electron chi connectivity index (χ3n) is 6.44. The van der Waals surface area contributed by atoms with E-state index < -0.39 is 40.7 Å². The number of rotatable bonds is 11. The number of carbonyl (C=O) groups is 4. The number of carboxylic acid groups (broad SMARTS) is 1. The van der Waals surface area contributed by atoms with Crippen LogP contribution in [0.3, 0.4) is 0 Å². The molecule has 1 aliphatic heterocycles. The third-order valence-corrected chi connectivity index (χ3v) is 7.88. The summed E-state index contributed by atoms with van der Waals surface area (Å²) in [5.74, 6) is -1.86. The van der Waals surface area contributed by atoms with Crippen molar-refractivity contribution in [3.05, 3.63) is 71.3 Å². The van der Waals surface area contributed by atoms with Crippen LogP contribution in [0.4, 0.5) is 5.69 Å². The van der Waals surface area contributed by atoms with E-state index in [1.54, 1.807) is 6.07 Å². The fraction of sp³-hybridized carbons (Fsp3) is 0.241. The van der Waals surface area contributed by atoms with Crippen molar-refractivity contribution in [3.63, 3.8) is 0 Å². The average molecular weight is 612 g/mol. The van der Waals surface area contributed by atoms with Gasteiger partial charge in [-0.05, 0) is 54.1 Å². The molecule has 2 unspecified atom stereocenters. The number of carbonyl (C=O) groups excluding carboxylic acids is 3. The van der Waals surface area contributed by atoms with E-state index in [4.69, 9.17) is 18.9 Å². The fourth-order valence-electron chi connectivity index (χ4n) is 4.32. The van der Waals surface area contributed by atoms with Gasteiger partial charge in [-0.15, -0.1) is 11.8 Å². The molecular formula is C29H29N3O10S. The molecule has 0 aliphatic carbocycles. The Morgan fingerprint density at radius 3 is 2.02 bits per heavy atom. The molecule has 2 atom stereocenters. The zero-order valence-electron chi connectivity index (χ0n) is 23.6. The molecule has 43 heavy (non-hydrogen) atoms. The molecule has 4 N–H and O–H groups in total. The smallest absolute Gasteiger partial charge is 0.305 e. The largest absolute Gasteiger partial charge is 0.504 e. The second kappa shape index (κ2) is 13.2. The van der Waals surface area contributed by atoms with Crippen LogP contribution in [0.15, 0.2) is 54.6 Å². The van der Waals surface area contributed by atoms with Gasteiger partial charge in [-0.3, -0.25) is 24.6 Å². The number of hydrogen-bond acceptors (Lipinski definition) is 10. The lowest BCUT2D eigenvalue weighted by molar-refractivity contribution is -0.140. The average Bonchev–Trinajstić information content (AvgIpc) is 3.30. The SMILES string of the molecule is COc1cc(C2SC(CC(=O)O)C(=O)N2NC(=O)c2ccc(NC(=O)c3cc(OC)c(OC)c(OC)c3)cc2)ccc1O. The summed E-state index contributed by atoms with van der Waals surface area (Å²) in [4.78, 5) is 50.6. The van der Waals surface area contributed by atoms with Crippen LogP contribution < -0.4 is 29.7 Å². The number of aliphatic carboxylic acids is 1. The van der Waals surface area contributed by atoms with Gasteiger partial charge >= 0.3 is 5.97 Å². The summed E-state index contributed by atoms with van der Waals surface area (Å²) in [5, 5.41) is 21.3. The minimum Gasteiger partial charge on any atom is -0.504 e. The molecule has 1 aliphatic rings. The van der Waals surface area contributed by atoms with E-state index in [0.717, 1.165) is 16.8 Å². The molecule has 0 spiro atoms. The molecule has 3 aromatic carbocycles. The van der Waals surface area contributed by atoms with Gasteiger partial charge in [-0.1, -0.05) is 6.07 Å². The number of phenolic OH excluding ortho intramolecular Hbond substituents is 1. The third kappa shape index (κ3) is 6.70. The van der Waals surface area contributed by atoms with Crippen molar-refractivity contribution in [3.8, 4) is 28.7 Å². The van der Waals surface area contributed by atoms with E-state index in [0.29, 0.717) is 28.5 Å². The van der Waals surface area contributed by atoms with Crippen molar-refractivity contribution >= 4 is 41.1 Å². The molecule has 0 aromatic heterocycles. The number of hydrazine groups is 1. The number of methoxy groups -OCH3 is 4. The number of aromatic hydroxyl groups is 1. The predicted molar refractivity (Wildman–Crippen MR) is 156 cm³/mol. The molecule has 226 valence electrons. The molecule has 0 saturated carbocycles. The predicted octanol–water partition coefficient (Wildman–Crippen LogP) is 3.44. The van der Waals surface area contributed by atoms with Crippen molar-refractivity contribution < 1.29 is 48.3 Å². The van der Waals surface area contributed by atoms with Gasteiger partial charge in [0.2, 0.25) is 5.75 Å². The summed E-state index contributed by atoms with van der Waals surface area (Å²) in [5.41, 5.74) is 3.88.